The van der Waals surface area contributed by atoms with Gasteiger partial charge in [0.05, 0.1) is 0 Å². The highest BCUT2D eigenvalue weighted by molar-refractivity contribution is 5.63. The summed E-state index contributed by atoms with van der Waals surface area (Å²) in [6, 6.07) is 7.34. The van der Waals surface area contributed by atoms with Gasteiger partial charge >= 0.3 is 5.69 Å². The van der Waals surface area contributed by atoms with Gasteiger partial charge in [0, 0.05) is 11.8 Å². The van der Waals surface area contributed by atoms with Crippen molar-refractivity contribution in [2.24, 2.45) is 0 Å². The van der Waals surface area contributed by atoms with Crippen LogP contribution in [0, 0.1) is 32.1 Å². The van der Waals surface area contributed by atoms with Crippen molar-refractivity contribution in [1.29, 1.82) is 5.26 Å². The highest BCUT2D eigenvalue weighted by Crippen LogP contribution is 2.23. The molecule has 19 heavy (non-hydrogen) atoms. The van der Waals surface area contributed by atoms with Crippen LogP contribution in [0.1, 0.15) is 22.4 Å². The number of rotatable bonds is 2. The molecule has 0 saturated heterocycles. The standard InChI is InChI=1S/C14H14N4O/c1-8-4-5-12(10(3)9(8)2)17-13-6-11(7-15)16-14(19)18-13/h4-6H,1-3H3,(H2,16,17,18,19). The number of anilines is 2. The van der Waals surface area contributed by atoms with E-state index in [-0.39, 0.29) is 5.69 Å². The van der Waals surface area contributed by atoms with E-state index in [0.29, 0.717) is 5.82 Å². The van der Waals surface area contributed by atoms with Crippen molar-refractivity contribution in [2.75, 3.05) is 5.32 Å². The molecule has 2 N–H and O–H groups in total. The number of hydrogen-bond acceptors (Lipinski definition) is 4. The summed E-state index contributed by atoms with van der Waals surface area (Å²) >= 11 is 0. The second-order valence-electron chi connectivity index (χ2n) is 4.40. The topological polar surface area (TPSA) is 81.6 Å². The molecule has 0 aliphatic carbocycles. The van der Waals surface area contributed by atoms with E-state index in [1.165, 1.54) is 17.2 Å². The molecule has 0 atom stereocenters. The number of aromatic amines is 1. The van der Waals surface area contributed by atoms with Crippen LogP contribution in [0.15, 0.2) is 23.0 Å². The Morgan fingerprint density at radius 3 is 2.68 bits per heavy atom. The van der Waals surface area contributed by atoms with Crippen LogP contribution < -0.4 is 11.0 Å². The fourth-order valence-electron chi connectivity index (χ4n) is 1.81. The second kappa shape index (κ2) is 4.94. The Kier molecular flexibility index (Phi) is 3.34. The number of benzene rings is 1. The van der Waals surface area contributed by atoms with Crippen LogP contribution in [0.2, 0.25) is 0 Å². The quantitative estimate of drug-likeness (QED) is 0.861. The molecule has 2 aromatic rings. The van der Waals surface area contributed by atoms with Crippen LogP contribution >= 0.6 is 0 Å². The Balaban J connectivity index is 2.42. The number of hydrogen-bond donors (Lipinski definition) is 2. The molecule has 0 bridgehead atoms. The van der Waals surface area contributed by atoms with Crippen molar-refractivity contribution in [1.82, 2.24) is 9.97 Å². The summed E-state index contributed by atoms with van der Waals surface area (Å²) in [6.45, 7) is 6.09. The molecule has 1 heterocycles. The van der Waals surface area contributed by atoms with Gasteiger partial charge in [0.25, 0.3) is 0 Å². The summed E-state index contributed by atoms with van der Waals surface area (Å²) in [5.74, 6) is 0.367. The van der Waals surface area contributed by atoms with Gasteiger partial charge in [-0.2, -0.15) is 10.2 Å². The fourth-order valence-corrected chi connectivity index (χ4v) is 1.81. The molecule has 0 saturated carbocycles. The average molecular weight is 254 g/mol. The van der Waals surface area contributed by atoms with E-state index in [4.69, 9.17) is 5.26 Å². The van der Waals surface area contributed by atoms with Gasteiger partial charge in [-0.3, -0.25) is 4.98 Å². The zero-order valence-electron chi connectivity index (χ0n) is 11.0. The minimum atomic E-state index is -0.539. The lowest BCUT2D eigenvalue weighted by Crippen LogP contribution is -2.13. The first-order chi connectivity index (χ1) is 9.01. The average Bonchev–Trinajstić information content (AvgIpc) is 2.39. The van der Waals surface area contributed by atoms with Crippen molar-refractivity contribution in [3.8, 4) is 6.07 Å². The van der Waals surface area contributed by atoms with Gasteiger partial charge in [-0.15, -0.1) is 0 Å². The monoisotopic (exact) mass is 254 g/mol. The largest absolute Gasteiger partial charge is 0.347 e. The molecule has 2 rings (SSSR count). The Morgan fingerprint density at radius 1 is 1.26 bits per heavy atom. The summed E-state index contributed by atoms with van der Waals surface area (Å²) in [4.78, 5) is 17.5. The maximum Gasteiger partial charge on any atom is 0.347 e. The molecule has 0 unspecified atom stereocenters. The maximum absolute atomic E-state index is 11.3. The number of nitrogens with one attached hydrogen (secondary N) is 2. The third-order valence-electron chi connectivity index (χ3n) is 3.19. The molecule has 0 aliphatic rings. The second-order valence-corrected chi connectivity index (χ2v) is 4.40. The highest BCUT2D eigenvalue weighted by atomic mass is 16.1. The Hall–Kier alpha value is -2.61. The predicted molar refractivity (Wildman–Crippen MR) is 73.5 cm³/mol. The zero-order valence-corrected chi connectivity index (χ0v) is 11.0. The molecule has 0 amide bonds. The van der Waals surface area contributed by atoms with Gasteiger partial charge in [0.15, 0.2) is 0 Å². The third kappa shape index (κ3) is 2.63. The summed E-state index contributed by atoms with van der Waals surface area (Å²) in [7, 11) is 0. The number of aromatic nitrogens is 2. The summed E-state index contributed by atoms with van der Waals surface area (Å²) in [6.07, 6.45) is 0. The Labute approximate surface area is 110 Å². The van der Waals surface area contributed by atoms with Gasteiger partial charge in [-0.25, -0.2) is 4.79 Å². The lowest BCUT2D eigenvalue weighted by Gasteiger charge is -2.12. The van der Waals surface area contributed by atoms with E-state index < -0.39 is 5.69 Å². The van der Waals surface area contributed by atoms with Gasteiger partial charge in [-0.1, -0.05) is 6.07 Å². The van der Waals surface area contributed by atoms with Crippen LogP contribution in [0.4, 0.5) is 11.5 Å². The predicted octanol–water partition coefficient (Wildman–Crippen LogP) is 2.31. The lowest BCUT2D eigenvalue weighted by molar-refractivity contribution is 1.06. The van der Waals surface area contributed by atoms with Gasteiger partial charge in [0.1, 0.15) is 17.6 Å². The Bertz CT molecular complexity index is 725. The first-order valence-corrected chi connectivity index (χ1v) is 5.86. The molecule has 0 radical (unpaired) electrons. The highest BCUT2D eigenvalue weighted by Gasteiger charge is 2.06. The first-order valence-electron chi connectivity index (χ1n) is 5.86. The van der Waals surface area contributed by atoms with E-state index in [1.54, 1.807) is 0 Å². The van der Waals surface area contributed by atoms with Crippen molar-refractivity contribution >= 4 is 11.5 Å². The van der Waals surface area contributed by atoms with E-state index in [9.17, 15) is 4.79 Å². The van der Waals surface area contributed by atoms with Gasteiger partial charge in [-0.05, 0) is 43.5 Å². The van der Waals surface area contributed by atoms with Crippen LogP contribution in [0.25, 0.3) is 0 Å². The number of nitriles is 1. The molecule has 5 nitrogen and oxygen atoms in total. The normalized spacial score (nSPS) is 10.0. The molecule has 5 heteroatoms. The first kappa shape index (κ1) is 12.8. The number of H-pyrrole nitrogens is 1. The van der Waals surface area contributed by atoms with Crippen molar-refractivity contribution in [3.05, 3.63) is 51.1 Å². The molecule has 1 aromatic heterocycles. The third-order valence-corrected chi connectivity index (χ3v) is 3.19. The van der Waals surface area contributed by atoms with Crippen LogP contribution in [0.3, 0.4) is 0 Å². The van der Waals surface area contributed by atoms with E-state index in [0.717, 1.165) is 11.3 Å². The molecule has 0 spiro atoms. The van der Waals surface area contributed by atoms with Crippen molar-refractivity contribution in [3.63, 3.8) is 0 Å². The molecular formula is C14H14N4O. The Morgan fingerprint density at radius 2 is 2.00 bits per heavy atom. The van der Waals surface area contributed by atoms with Crippen molar-refractivity contribution < 1.29 is 0 Å². The SMILES string of the molecule is Cc1ccc(Nc2cc(C#N)[nH]c(=O)n2)c(C)c1C. The molecular weight excluding hydrogens is 240 g/mol. The lowest BCUT2D eigenvalue weighted by atomic mass is 10.0. The summed E-state index contributed by atoms with van der Waals surface area (Å²) in [5.41, 5.74) is 4.02. The van der Waals surface area contributed by atoms with Crippen LogP contribution in [-0.2, 0) is 0 Å². The van der Waals surface area contributed by atoms with E-state index in [1.807, 2.05) is 39.0 Å². The van der Waals surface area contributed by atoms with E-state index in [2.05, 4.69) is 15.3 Å². The minimum Gasteiger partial charge on any atom is -0.340 e. The molecule has 0 aliphatic heterocycles. The summed E-state index contributed by atoms with van der Waals surface area (Å²) < 4.78 is 0. The number of nitrogens with zero attached hydrogens (tertiary/aromatic N) is 2. The molecule has 96 valence electrons. The van der Waals surface area contributed by atoms with Gasteiger partial charge < -0.3 is 5.32 Å². The maximum atomic E-state index is 11.3. The fraction of sp³-hybridized carbons (Fsp3) is 0.214. The smallest absolute Gasteiger partial charge is 0.340 e. The molecule has 1 aromatic carbocycles. The minimum absolute atomic E-state index is 0.184. The van der Waals surface area contributed by atoms with Crippen molar-refractivity contribution in [2.45, 2.75) is 20.8 Å². The summed E-state index contributed by atoms with van der Waals surface area (Å²) in [5, 5.41) is 11.9. The number of aryl methyl sites for hydroxylation is 1. The van der Waals surface area contributed by atoms with E-state index >= 15 is 0 Å². The van der Waals surface area contributed by atoms with Crippen LogP contribution in [-0.4, -0.2) is 9.97 Å². The molecule has 0 fully saturated rings. The van der Waals surface area contributed by atoms with Crippen LogP contribution in [0.5, 0.6) is 0 Å². The van der Waals surface area contributed by atoms with Gasteiger partial charge in [0.2, 0.25) is 0 Å². The zero-order chi connectivity index (χ0) is 14.0.